The molecular weight excluding hydrogens is 214 g/mol. The highest BCUT2D eigenvalue weighted by molar-refractivity contribution is 6.30. The summed E-state index contributed by atoms with van der Waals surface area (Å²) in [5.74, 6) is -0.187. The molecule has 0 saturated carbocycles. The third-order valence-electron chi connectivity index (χ3n) is 2.15. The van der Waals surface area contributed by atoms with Gasteiger partial charge in [0.25, 0.3) is 5.91 Å². The molecule has 1 amide bonds. The van der Waals surface area contributed by atoms with Crippen LogP contribution in [0.3, 0.4) is 0 Å². The molecule has 1 atom stereocenters. The number of halogens is 1. The summed E-state index contributed by atoms with van der Waals surface area (Å²) in [4.78, 5) is 11.6. The molecule has 82 valence electrons. The maximum atomic E-state index is 11.6. The predicted molar refractivity (Wildman–Crippen MR) is 60.1 cm³/mol. The van der Waals surface area contributed by atoms with E-state index < -0.39 is 0 Å². The summed E-state index contributed by atoms with van der Waals surface area (Å²) in [6, 6.07) is 6.45. The zero-order valence-electron chi connectivity index (χ0n) is 8.53. The second-order valence-corrected chi connectivity index (χ2v) is 3.70. The number of carbonyl (C=O) groups is 1. The van der Waals surface area contributed by atoms with Crippen molar-refractivity contribution >= 4 is 17.5 Å². The van der Waals surface area contributed by atoms with Gasteiger partial charge in [-0.15, -0.1) is 0 Å². The molecule has 3 nitrogen and oxygen atoms in total. The van der Waals surface area contributed by atoms with Gasteiger partial charge in [-0.3, -0.25) is 4.79 Å². The molecule has 0 aliphatic rings. The molecule has 1 aromatic rings. The van der Waals surface area contributed by atoms with Gasteiger partial charge in [-0.1, -0.05) is 18.5 Å². The van der Waals surface area contributed by atoms with Crippen LogP contribution < -0.4 is 5.32 Å². The Balaban J connectivity index is 2.64. The number of nitrogens with one attached hydrogen (secondary N) is 1. The van der Waals surface area contributed by atoms with Crippen LogP contribution in [0.2, 0.25) is 5.02 Å². The minimum absolute atomic E-state index is 0.0458. The van der Waals surface area contributed by atoms with Crippen molar-refractivity contribution in [2.75, 3.05) is 6.61 Å². The Kier molecular flexibility index (Phi) is 4.59. The van der Waals surface area contributed by atoms with Crippen molar-refractivity contribution in [3.63, 3.8) is 0 Å². The van der Waals surface area contributed by atoms with Gasteiger partial charge in [0.05, 0.1) is 12.6 Å². The first-order valence-electron chi connectivity index (χ1n) is 4.84. The lowest BCUT2D eigenvalue weighted by atomic mass is 10.2. The highest BCUT2D eigenvalue weighted by Crippen LogP contribution is 2.09. The number of amides is 1. The number of hydrogen-bond acceptors (Lipinski definition) is 2. The molecule has 0 spiro atoms. The van der Waals surface area contributed by atoms with Gasteiger partial charge in [0.15, 0.2) is 0 Å². The Morgan fingerprint density at radius 2 is 2.07 bits per heavy atom. The molecule has 0 heterocycles. The van der Waals surface area contributed by atoms with Crippen molar-refractivity contribution in [2.45, 2.75) is 19.4 Å². The lowest BCUT2D eigenvalue weighted by molar-refractivity contribution is 0.0915. The molecule has 0 bridgehead atoms. The topological polar surface area (TPSA) is 49.3 Å². The molecule has 0 saturated heterocycles. The van der Waals surface area contributed by atoms with Gasteiger partial charge in [0, 0.05) is 10.6 Å². The van der Waals surface area contributed by atoms with Gasteiger partial charge in [-0.25, -0.2) is 0 Å². The molecular formula is C11H14ClNO2. The number of benzene rings is 1. The van der Waals surface area contributed by atoms with Crippen LogP contribution in [-0.2, 0) is 0 Å². The maximum Gasteiger partial charge on any atom is 0.251 e. The minimum atomic E-state index is -0.187. The fourth-order valence-electron chi connectivity index (χ4n) is 1.15. The molecule has 15 heavy (non-hydrogen) atoms. The monoisotopic (exact) mass is 227 g/mol. The van der Waals surface area contributed by atoms with Gasteiger partial charge in [-0.2, -0.15) is 0 Å². The SMILES string of the molecule is CC[C@H](CO)NC(=O)c1ccc(Cl)cc1. The zero-order valence-corrected chi connectivity index (χ0v) is 9.29. The first-order valence-corrected chi connectivity index (χ1v) is 5.22. The fourth-order valence-corrected chi connectivity index (χ4v) is 1.27. The van der Waals surface area contributed by atoms with Crippen LogP contribution in [-0.4, -0.2) is 23.7 Å². The molecule has 0 aliphatic heterocycles. The largest absolute Gasteiger partial charge is 0.394 e. The quantitative estimate of drug-likeness (QED) is 0.825. The molecule has 0 aliphatic carbocycles. The van der Waals surface area contributed by atoms with E-state index in [0.717, 1.165) is 0 Å². The Labute approximate surface area is 94.1 Å². The van der Waals surface area contributed by atoms with E-state index in [1.54, 1.807) is 24.3 Å². The van der Waals surface area contributed by atoms with E-state index in [0.29, 0.717) is 17.0 Å². The highest BCUT2D eigenvalue weighted by atomic mass is 35.5. The van der Waals surface area contributed by atoms with Gasteiger partial charge in [-0.05, 0) is 30.7 Å². The molecule has 1 rings (SSSR count). The Hall–Kier alpha value is -1.06. The highest BCUT2D eigenvalue weighted by Gasteiger charge is 2.10. The molecule has 2 N–H and O–H groups in total. The third kappa shape index (κ3) is 3.53. The first kappa shape index (κ1) is 12.0. The minimum Gasteiger partial charge on any atom is -0.394 e. The number of carbonyl (C=O) groups excluding carboxylic acids is 1. The van der Waals surface area contributed by atoms with Crippen molar-refractivity contribution in [2.24, 2.45) is 0 Å². The van der Waals surface area contributed by atoms with E-state index in [1.807, 2.05) is 6.92 Å². The van der Waals surface area contributed by atoms with Crippen molar-refractivity contribution in [3.05, 3.63) is 34.9 Å². The second-order valence-electron chi connectivity index (χ2n) is 3.27. The van der Waals surface area contributed by atoms with Crippen LogP contribution in [0.4, 0.5) is 0 Å². The summed E-state index contributed by atoms with van der Waals surface area (Å²) in [6.07, 6.45) is 0.704. The number of aliphatic hydroxyl groups excluding tert-OH is 1. The molecule has 0 aromatic heterocycles. The van der Waals surface area contributed by atoms with E-state index in [4.69, 9.17) is 16.7 Å². The van der Waals surface area contributed by atoms with Crippen molar-refractivity contribution < 1.29 is 9.90 Å². The van der Waals surface area contributed by atoms with E-state index in [-0.39, 0.29) is 18.6 Å². The smallest absolute Gasteiger partial charge is 0.251 e. The Morgan fingerprint density at radius 1 is 1.47 bits per heavy atom. The molecule has 0 unspecified atom stereocenters. The third-order valence-corrected chi connectivity index (χ3v) is 2.41. The number of rotatable bonds is 4. The molecule has 1 aromatic carbocycles. The van der Waals surface area contributed by atoms with Crippen LogP contribution in [0.1, 0.15) is 23.7 Å². The van der Waals surface area contributed by atoms with Crippen LogP contribution in [0.25, 0.3) is 0 Å². The van der Waals surface area contributed by atoms with Crippen molar-refractivity contribution in [1.82, 2.24) is 5.32 Å². The summed E-state index contributed by atoms with van der Waals surface area (Å²) in [5, 5.41) is 12.2. The molecule has 0 fully saturated rings. The summed E-state index contributed by atoms with van der Waals surface area (Å²) in [5.41, 5.74) is 0.548. The predicted octanol–water partition coefficient (Wildman–Crippen LogP) is 1.84. The summed E-state index contributed by atoms with van der Waals surface area (Å²) in [6.45, 7) is 1.86. The Morgan fingerprint density at radius 3 is 2.53 bits per heavy atom. The first-order chi connectivity index (χ1) is 7.17. The van der Waals surface area contributed by atoms with Crippen LogP contribution in [0.5, 0.6) is 0 Å². The average Bonchev–Trinajstić information content (AvgIpc) is 2.26. The fraction of sp³-hybridized carbons (Fsp3) is 0.364. The summed E-state index contributed by atoms with van der Waals surface area (Å²) >= 11 is 5.70. The molecule has 0 radical (unpaired) electrons. The van der Waals surface area contributed by atoms with Crippen LogP contribution in [0, 0.1) is 0 Å². The van der Waals surface area contributed by atoms with E-state index in [2.05, 4.69) is 5.32 Å². The van der Waals surface area contributed by atoms with E-state index in [9.17, 15) is 4.79 Å². The van der Waals surface area contributed by atoms with Gasteiger partial charge < -0.3 is 10.4 Å². The van der Waals surface area contributed by atoms with Crippen LogP contribution >= 0.6 is 11.6 Å². The maximum absolute atomic E-state index is 11.6. The van der Waals surface area contributed by atoms with Crippen LogP contribution in [0.15, 0.2) is 24.3 Å². The van der Waals surface area contributed by atoms with Crippen molar-refractivity contribution in [3.8, 4) is 0 Å². The Bertz CT molecular complexity index is 320. The standard InChI is InChI=1S/C11H14ClNO2/c1-2-10(7-14)13-11(15)8-3-5-9(12)6-4-8/h3-6,10,14H,2,7H2,1H3,(H,13,15)/t10-/m1/s1. The lowest BCUT2D eigenvalue weighted by Gasteiger charge is -2.13. The molecule has 4 heteroatoms. The number of aliphatic hydroxyl groups is 1. The summed E-state index contributed by atoms with van der Waals surface area (Å²) < 4.78 is 0. The van der Waals surface area contributed by atoms with E-state index in [1.165, 1.54) is 0 Å². The summed E-state index contributed by atoms with van der Waals surface area (Å²) in [7, 11) is 0. The lowest BCUT2D eigenvalue weighted by Crippen LogP contribution is -2.36. The van der Waals surface area contributed by atoms with E-state index >= 15 is 0 Å². The average molecular weight is 228 g/mol. The van der Waals surface area contributed by atoms with Gasteiger partial charge in [0.1, 0.15) is 0 Å². The van der Waals surface area contributed by atoms with Crippen molar-refractivity contribution in [1.29, 1.82) is 0 Å². The van der Waals surface area contributed by atoms with Gasteiger partial charge >= 0.3 is 0 Å². The van der Waals surface area contributed by atoms with Gasteiger partial charge in [0.2, 0.25) is 0 Å². The zero-order chi connectivity index (χ0) is 11.3. The number of hydrogen-bond donors (Lipinski definition) is 2. The second kappa shape index (κ2) is 5.73. The normalized spacial score (nSPS) is 12.2.